The normalized spacial score (nSPS) is 18.4. The standard InChI is InChI=1S/C63H102N8O14S/c1-16-40(8)57(50(83-13)34-53(76)70-31-21-23-47(70)58(84-14)41(9)42(10)72)68(11)60(79)46(37(2)3)33-49(74)56(39(6)7)69(12)63(82)85-36-43-25-27-45(28-26-43)66-59(78)44(22-20-29-65-62(64)81)32-48(73)55(38(4)5)67-52(75)24-18-17-19-30-71-54(77)35-51(86-15)61(71)80/h25-28,37-41,44,46-47,50-51,55-58H,16-24,29-36H2,1-15H3,(H,66,78)(H,67,75)(H3,64,65,81)/t40-,41-,44+,46-,47-,50+,51?,55-,56-,57?,58+/m0/s1. The van der Waals surface area contributed by atoms with Crippen LogP contribution in [0, 0.1) is 41.4 Å². The van der Waals surface area contributed by atoms with Crippen molar-refractivity contribution in [2.45, 2.75) is 201 Å². The van der Waals surface area contributed by atoms with E-state index in [0.717, 1.165) is 6.42 Å². The number of nitrogens with one attached hydrogen (secondary N) is 3. The van der Waals surface area contributed by atoms with E-state index in [9.17, 15) is 52.7 Å². The van der Waals surface area contributed by atoms with Crippen LogP contribution in [0.25, 0.3) is 0 Å². The first-order chi connectivity index (χ1) is 40.5. The lowest BCUT2D eigenvalue weighted by atomic mass is 9.83. The fourth-order valence-electron chi connectivity index (χ4n) is 11.8. The topological polar surface area (TPSA) is 291 Å². The molecule has 2 heterocycles. The Hall–Kier alpha value is -5.94. The molecule has 0 spiro atoms. The minimum atomic E-state index is -0.944. The second kappa shape index (κ2) is 36.4. The molecule has 484 valence electrons. The maximum Gasteiger partial charge on any atom is 0.410 e. The summed E-state index contributed by atoms with van der Waals surface area (Å²) in [7, 11) is 6.27. The number of benzene rings is 1. The number of carbonyl (C=O) groups excluding carboxylic acids is 11. The zero-order valence-electron chi connectivity index (χ0n) is 53.9. The Kier molecular flexibility index (Phi) is 31.4. The van der Waals surface area contributed by atoms with Crippen molar-refractivity contribution in [1.82, 2.24) is 30.2 Å². The maximum atomic E-state index is 14.7. The first kappa shape index (κ1) is 74.3. The highest BCUT2D eigenvalue weighted by atomic mass is 32.2. The van der Waals surface area contributed by atoms with E-state index in [4.69, 9.17) is 19.9 Å². The van der Waals surface area contributed by atoms with Crippen molar-refractivity contribution in [3.05, 3.63) is 29.8 Å². The van der Waals surface area contributed by atoms with Gasteiger partial charge >= 0.3 is 12.1 Å². The molecule has 9 amide bonds. The molecule has 1 aromatic rings. The number of anilines is 1. The van der Waals surface area contributed by atoms with Gasteiger partial charge in [0.05, 0.1) is 48.0 Å². The first-order valence-electron chi connectivity index (χ1n) is 30.7. The van der Waals surface area contributed by atoms with Crippen LogP contribution >= 0.6 is 11.8 Å². The predicted octanol–water partition coefficient (Wildman–Crippen LogP) is 7.17. The molecule has 2 aliphatic heterocycles. The van der Waals surface area contributed by atoms with Crippen LogP contribution in [0.1, 0.15) is 158 Å². The number of ketones is 3. The zero-order valence-corrected chi connectivity index (χ0v) is 54.7. The number of thioether (sulfide) groups is 1. The van der Waals surface area contributed by atoms with Crippen molar-refractivity contribution < 1.29 is 67.0 Å². The van der Waals surface area contributed by atoms with Gasteiger partial charge in [0.1, 0.15) is 12.4 Å². The third-order valence-electron chi connectivity index (χ3n) is 17.2. The summed E-state index contributed by atoms with van der Waals surface area (Å²) in [6.45, 7) is 19.1. The molecule has 2 saturated heterocycles. The molecule has 0 aromatic heterocycles. The van der Waals surface area contributed by atoms with Gasteiger partial charge in [0, 0.05) is 97.1 Å². The van der Waals surface area contributed by atoms with Crippen molar-refractivity contribution in [3.8, 4) is 0 Å². The minimum Gasteiger partial charge on any atom is -0.445 e. The molecule has 23 heteroatoms. The summed E-state index contributed by atoms with van der Waals surface area (Å²) in [5.74, 6) is -5.33. The molecule has 86 heavy (non-hydrogen) atoms. The number of nitrogens with two attached hydrogens (primary N) is 1. The number of likely N-dealkylation sites (tertiary alicyclic amines) is 2. The Morgan fingerprint density at radius 3 is 2.02 bits per heavy atom. The fourth-order valence-corrected chi connectivity index (χ4v) is 12.5. The van der Waals surface area contributed by atoms with Crippen LogP contribution in [0.15, 0.2) is 24.3 Å². The smallest absolute Gasteiger partial charge is 0.410 e. The largest absolute Gasteiger partial charge is 0.445 e. The Balaban J connectivity index is 1.66. The number of imide groups is 1. The van der Waals surface area contributed by atoms with Gasteiger partial charge in [-0.05, 0) is 93.1 Å². The van der Waals surface area contributed by atoms with Gasteiger partial charge in [-0.25, -0.2) is 9.59 Å². The number of Topliss-reactive ketones (excluding diaryl/α,β-unsaturated/α-hetero) is 3. The molecule has 22 nitrogen and oxygen atoms in total. The lowest BCUT2D eigenvalue weighted by Gasteiger charge is -2.41. The number of rotatable bonds is 38. The first-order valence-corrected chi connectivity index (χ1v) is 32.0. The van der Waals surface area contributed by atoms with Crippen LogP contribution in [0.2, 0.25) is 0 Å². The van der Waals surface area contributed by atoms with Gasteiger partial charge in [0.25, 0.3) is 0 Å². The second-order valence-electron chi connectivity index (χ2n) is 24.5. The summed E-state index contributed by atoms with van der Waals surface area (Å²) in [5.41, 5.74) is 6.22. The van der Waals surface area contributed by atoms with Gasteiger partial charge in [-0.3, -0.25) is 48.1 Å². The maximum absolute atomic E-state index is 14.7. The van der Waals surface area contributed by atoms with E-state index < -0.39 is 66.1 Å². The Labute approximate surface area is 514 Å². The number of primary amides is 1. The molecule has 3 rings (SSSR count). The minimum absolute atomic E-state index is 0.00628. The monoisotopic (exact) mass is 1230 g/mol. The van der Waals surface area contributed by atoms with Crippen molar-refractivity contribution >= 4 is 82.4 Å². The summed E-state index contributed by atoms with van der Waals surface area (Å²) in [5, 5.41) is 7.87. The molecular formula is C63H102N8O14S. The molecule has 0 radical (unpaired) electrons. The van der Waals surface area contributed by atoms with Crippen molar-refractivity contribution in [1.29, 1.82) is 0 Å². The Morgan fingerprint density at radius 1 is 0.814 bits per heavy atom. The van der Waals surface area contributed by atoms with Crippen molar-refractivity contribution in [2.75, 3.05) is 59.5 Å². The van der Waals surface area contributed by atoms with Gasteiger partial charge < -0.3 is 50.6 Å². The van der Waals surface area contributed by atoms with Crippen LogP contribution < -0.4 is 21.7 Å². The molecule has 2 aliphatic rings. The van der Waals surface area contributed by atoms with Crippen LogP contribution in [0.4, 0.5) is 15.3 Å². The lowest BCUT2D eigenvalue weighted by Crippen LogP contribution is -2.54. The number of unbranched alkanes of at least 4 members (excludes halogenated alkanes) is 2. The molecule has 11 atom stereocenters. The molecule has 2 unspecified atom stereocenters. The van der Waals surface area contributed by atoms with Crippen LogP contribution in [0.5, 0.6) is 0 Å². The number of hydrogen-bond donors (Lipinski definition) is 4. The molecule has 1 aromatic carbocycles. The SMILES string of the molecule is CC[C@H](C)C([C@@H](CC(=O)N1CCC[C@H]1[C@H](OC)[C@@H](C)C(C)=O)OC)N(C)C(=O)[C@@H](CC(=O)[C@H](C(C)C)N(C)C(=O)OCc1ccc(NC(=O)[C@H](CCCNC(N)=O)CC(=O)[C@@H](NC(=O)CCCCCN2C(=O)CC(SC)C2=O)C(C)C)cc1)C(C)C. The molecule has 5 N–H and O–H groups in total. The van der Waals surface area contributed by atoms with E-state index in [1.165, 1.54) is 42.6 Å². The molecule has 0 aliphatic carbocycles. The number of likely N-dealkylation sites (N-methyl/N-ethyl adjacent to an activating group) is 2. The van der Waals surface area contributed by atoms with E-state index in [0.29, 0.717) is 62.9 Å². The zero-order chi connectivity index (χ0) is 64.7. The van der Waals surface area contributed by atoms with Crippen molar-refractivity contribution in [2.24, 2.45) is 47.2 Å². The Bertz CT molecular complexity index is 2460. The number of hydrogen-bond acceptors (Lipinski definition) is 15. The number of nitrogens with zero attached hydrogens (tertiary/aromatic N) is 4. The van der Waals surface area contributed by atoms with Gasteiger partial charge in [0.2, 0.25) is 35.4 Å². The second-order valence-corrected chi connectivity index (χ2v) is 25.5. The van der Waals surface area contributed by atoms with Crippen LogP contribution in [0.3, 0.4) is 0 Å². The summed E-state index contributed by atoms with van der Waals surface area (Å²) in [4.78, 5) is 152. The van der Waals surface area contributed by atoms with Crippen LogP contribution in [-0.2, 0) is 64.0 Å². The number of ether oxygens (including phenoxy) is 3. The number of carbonyl (C=O) groups is 11. The summed E-state index contributed by atoms with van der Waals surface area (Å²) >= 11 is 1.36. The average molecular weight is 1230 g/mol. The summed E-state index contributed by atoms with van der Waals surface area (Å²) in [6.07, 6.45) is 4.16. The number of urea groups is 1. The van der Waals surface area contributed by atoms with Gasteiger partial charge in [-0.2, -0.15) is 11.8 Å². The van der Waals surface area contributed by atoms with Crippen molar-refractivity contribution in [3.63, 3.8) is 0 Å². The van der Waals surface area contributed by atoms with Gasteiger partial charge in [-0.1, -0.05) is 87.3 Å². The lowest BCUT2D eigenvalue weighted by molar-refractivity contribution is -0.149. The highest BCUT2D eigenvalue weighted by Crippen LogP contribution is 2.32. The summed E-state index contributed by atoms with van der Waals surface area (Å²) < 4.78 is 17.6. The number of amides is 9. The predicted molar refractivity (Wildman–Crippen MR) is 330 cm³/mol. The van der Waals surface area contributed by atoms with E-state index in [1.54, 1.807) is 68.3 Å². The van der Waals surface area contributed by atoms with E-state index in [2.05, 4.69) is 16.0 Å². The van der Waals surface area contributed by atoms with E-state index in [1.807, 2.05) is 48.5 Å². The molecule has 0 saturated carbocycles. The van der Waals surface area contributed by atoms with Gasteiger partial charge in [0.15, 0.2) is 11.6 Å². The van der Waals surface area contributed by atoms with Crippen LogP contribution in [-0.4, -0.2) is 180 Å². The molecule has 0 bridgehead atoms. The quantitative estimate of drug-likeness (QED) is 0.0377. The molecular weight excluding hydrogens is 1120 g/mol. The molecule has 2 fully saturated rings. The fraction of sp³-hybridized carbons (Fsp3) is 0.730. The highest BCUT2D eigenvalue weighted by molar-refractivity contribution is 8.00. The number of methoxy groups -OCH3 is 2. The third kappa shape index (κ3) is 21.7. The van der Waals surface area contributed by atoms with Gasteiger partial charge in [-0.15, -0.1) is 0 Å². The third-order valence-corrected chi connectivity index (χ3v) is 18.2. The average Bonchev–Trinajstić information content (AvgIpc) is 3.85. The summed E-state index contributed by atoms with van der Waals surface area (Å²) in [6, 6.07) is 3.19. The highest BCUT2D eigenvalue weighted by Gasteiger charge is 2.44. The van der Waals surface area contributed by atoms with E-state index in [-0.39, 0.29) is 134 Å². The van der Waals surface area contributed by atoms with E-state index >= 15 is 0 Å². The Morgan fingerprint density at radius 2 is 1.48 bits per heavy atom.